The first kappa shape index (κ1) is 21.0. The van der Waals surface area contributed by atoms with Gasteiger partial charge in [0.05, 0.1) is 13.1 Å². The maximum atomic E-state index is 5.15. The van der Waals surface area contributed by atoms with Crippen LogP contribution in [0.25, 0.3) is 0 Å². The molecule has 0 radical (unpaired) electrons. The molecular weight excluding hydrogens is 354 g/mol. The second-order valence-electron chi connectivity index (χ2n) is 8.23. The Morgan fingerprint density at radius 3 is 2.82 bits per heavy atom. The molecule has 3 rings (SSSR count). The van der Waals surface area contributed by atoms with Gasteiger partial charge in [-0.3, -0.25) is 9.89 Å². The number of aromatic nitrogens is 3. The van der Waals surface area contributed by atoms with Crippen LogP contribution in [0.2, 0.25) is 0 Å². The number of fused-ring (bicyclic) bond motifs is 1. The molecule has 0 amide bonds. The molecule has 2 atom stereocenters. The van der Waals surface area contributed by atoms with Gasteiger partial charge < -0.3 is 15.4 Å². The molecule has 1 saturated heterocycles. The number of hydrogen-bond donors (Lipinski definition) is 2. The molecule has 28 heavy (non-hydrogen) atoms. The monoisotopic (exact) mass is 391 g/mol. The van der Waals surface area contributed by atoms with Crippen molar-refractivity contribution in [2.45, 2.75) is 71.7 Å². The fourth-order valence-corrected chi connectivity index (χ4v) is 3.99. The van der Waals surface area contributed by atoms with Crippen LogP contribution in [0.4, 0.5) is 0 Å². The van der Waals surface area contributed by atoms with Gasteiger partial charge in [-0.05, 0) is 52.1 Å². The number of likely N-dealkylation sites (tertiary alicyclic amines) is 1. The van der Waals surface area contributed by atoms with Crippen LogP contribution >= 0.6 is 0 Å². The first-order valence-electron chi connectivity index (χ1n) is 10.8. The summed E-state index contributed by atoms with van der Waals surface area (Å²) in [6.07, 6.45) is 4.57. The number of aliphatic imine (C=N–C) groups is 1. The number of ether oxygens (including phenoxy) is 1. The second kappa shape index (κ2) is 10.2. The fourth-order valence-electron chi connectivity index (χ4n) is 3.99. The number of guanidine groups is 1. The number of piperidine rings is 1. The minimum atomic E-state index is 0.313. The van der Waals surface area contributed by atoms with Crippen molar-refractivity contribution in [3.63, 3.8) is 0 Å². The number of methoxy groups -OCH3 is 1. The third kappa shape index (κ3) is 5.67. The van der Waals surface area contributed by atoms with E-state index in [4.69, 9.17) is 9.73 Å². The largest absolute Gasteiger partial charge is 0.377 e. The summed E-state index contributed by atoms with van der Waals surface area (Å²) in [6.45, 7) is 12.1. The SMILES string of the molecule is CCNC(=NCC(C)N1CCC(C)CC1)NC1CCc2nc(COC)nn2C1. The van der Waals surface area contributed by atoms with Crippen molar-refractivity contribution in [2.75, 3.05) is 33.3 Å². The highest BCUT2D eigenvalue weighted by molar-refractivity contribution is 5.80. The molecule has 0 aliphatic carbocycles. The lowest BCUT2D eigenvalue weighted by Gasteiger charge is -2.34. The highest BCUT2D eigenvalue weighted by Crippen LogP contribution is 2.18. The van der Waals surface area contributed by atoms with Crippen LogP contribution in [-0.4, -0.2) is 71.0 Å². The Hall–Kier alpha value is -1.67. The van der Waals surface area contributed by atoms with Crippen molar-refractivity contribution in [1.82, 2.24) is 30.3 Å². The van der Waals surface area contributed by atoms with E-state index < -0.39 is 0 Å². The Labute approximate surface area is 169 Å². The van der Waals surface area contributed by atoms with Crippen molar-refractivity contribution in [2.24, 2.45) is 10.9 Å². The summed E-state index contributed by atoms with van der Waals surface area (Å²) in [5.74, 6) is 3.59. The molecule has 0 aromatic carbocycles. The maximum absolute atomic E-state index is 5.15. The minimum absolute atomic E-state index is 0.313. The summed E-state index contributed by atoms with van der Waals surface area (Å²) in [7, 11) is 1.68. The van der Waals surface area contributed by atoms with Crippen LogP contribution in [0.15, 0.2) is 4.99 Å². The third-order valence-corrected chi connectivity index (χ3v) is 5.82. The predicted octanol–water partition coefficient (Wildman–Crippen LogP) is 1.41. The molecule has 2 unspecified atom stereocenters. The fraction of sp³-hybridized carbons (Fsp3) is 0.850. The number of aryl methyl sites for hydroxylation is 1. The summed E-state index contributed by atoms with van der Waals surface area (Å²) in [4.78, 5) is 12.0. The van der Waals surface area contributed by atoms with E-state index in [0.29, 0.717) is 18.7 Å². The van der Waals surface area contributed by atoms with Crippen LogP contribution < -0.4 is 10.6 Å². The lowest BCUT2D eigenvalue weighted by Crippen LogP contribution is -2.48. The Morgan fingerprint density at radius 2 is 2.11 bits per heavy atom. The van der Waals surface area contributed by atoms with Gasteiger partial charge in [-0.1, -0.05) is 6.92 Å². The normalized spacial score (nSPS) is 22.7. The van der Waals surface area contributed by atoms with Crippen LogP contribution in [0.1, 0.15) is 51.7 Å². The summed E-state index contributed by atoms with van der Waals surface area (Å²) in [6, 6.07) is 0.793. The number of hydrogen-bond acceptors (Lipinski definition) is 5. The van der Waals surface area contributed by atoms with Crippen LogP contribution in [0, 0.1) is 5.92 Å². The minimum Gasteiger partial charge on any atom is -0.377 e. The van der Waals surface area contributed by atoms with E-state index in [9.17, 15) is 0 Å². The standard InChI is InChI=1S/C20H37N7O/c1-5-21-20(22-12-16(3)26-10-8-15(2)9-11-26)23-17-6-7-19-24-18(14-28-4)25-27(19)13-17/h15-17H,5-14H2,1-4H3,(H2,21,22,23). The molecule has 1 aromatic rings. The highest BCUT2D eigenvalue weighted by Gasteiger charge is 2.23. The summed E-state index contributed by atoms with van der Waals surface area (Å²) >= 11 is 0. The van der Waals surface area contributed by atoms with Gasteiger partial charge in [-0.2, -0.15) is 5.10 Å². The van der Waals surface area contributed by atoms with E-state index in [-0.39, 0.29) is 0 Å². The van der Waals surface area contributed by atoms with E-state index in [1.165, 1.54) is 25.9 Å². The van der Waals surface area contributed by atoms with E-state index in [1.54, 1.807) is 7.11 Å². The first-order valence-corrected chi connectivity index (χ1v) is 10.8. The zero-order valence-electron chi connectivity index (χ0n) is 17.9. The van der Waals surface area contributed by atoms with Crippen molar-refractivity contribution < 1.29 is 4.74 Å². The zero-order valence-corrected chi connectivity index (χ0v) is 17.9. The molecule has 0 bridgehead atoms. The Bertz CT molecular complexity index is 636. The van der Waals surface area contributed by atoms with Crippen LogP contribution in [0.3, 0.4) is 0 Å². The van der Waals surface area contributed by atoms with E-state index in [0.717, 1.165) is 56.0 Å². The molecule has 8 nitrogen and oxygen atoms in total. The quantitative estimate of drug-likeness (QED) is 0.541. The molecular formula is C20H37N7O. The summed E-state index contributed by atoms with van der Waals surface area (Å²) in [5, 5.41) is 11.6. The molecule has 1 aromatic heterocycles. The van der Waals surface area contributed by atoms with E-state index in [2.05, 4.69) is 46.4 Å². The van der Waals surface area contributed by atoms with Gasteiger partial charge in [-0.25, -0.2) is 9.67 Å². The van der Waals surface area contributed by atoms with Gasteiger partial charge in [0, 0.05) is 32.2 Å². The Morgan fingerprint density at radius 1 is 1.32 bits per heavy atom. The van der Waals surface area contributed by atoms with E-state index >= 15 is 0 Å². The maximum Gasteiger partial charge on any atom is 0.191 e. The van der Waals surface area contributed by atoms with Crippen molar-refractivity contribution in [1.29, 1.82) is 0 Å². The molecule has 2 aliphatic rings. The van der Waals surface area contributed by atoms with Gasteiger partial charge >= 0.3 is 0 Å². The predicted molar refractivity (Wildman–Crippen MR) is 111 cm³/mol. The van der Waals surface area contributed by atoms with Crippen LogP contribution in [0.5, 0.6) is 0 Å². The van der Waals surface area contributed by atoms with Crippen LogP contribution in [-0.2, 0) is 24.3 Å². The van der Waals surface area contributed by atoms with Gasteiger partial charge in [0.2, 0.25) is 0 Å². The van der Waals surface area contributed by atoms with Crippen molar-refractivity contribution in [3.8, 4) is 0 Å². The second-order valence-corrected chi connectivity index (χ2v) is 8.23. The Balaban J connectivity index is 1.54. The molecule has 3 heterocycles. The van der Waals surface area contributed by atoms with E-state index in [1.807, 2.05) is 4.68 Å². The third-order valence-electron chi connectivity index (χ3n) is 5.82. The average molecular weight is 392 g/mol. The molecule has 8 heteroatoms. The number of nitrogens with one attached hydrogen (secondary N) is 2. The topological polar surface area (TPSA) is 79.6 Å². The van der Waals surface area contributed by atoms with Gasteiger partial charge in [0.1, 0.15) is 12.4 Å². The van der Waals surface area contributed by atoms with Gasteiger partial charge in [-0.15, -0.1) is 0 Å². The summed E-state index contributed by atoms with van der Waals surface area (Å²) < 4.78 is 7.16. The van der Waals surface area contributed by atoms with Crippen molar-refractivity contribution in [3.05, 3.63) is 11.6 Å². The molecule has 2 N–H and O–H groups in total. The van der Waals surface area contributed by atoms with Gasteiger partial charge in [0.15, 0.2) is 11.8 Å². The first-order chi connectivity index (χ1) is 13.6. The molecule has 158 valence electrons. The zero-order chi connectivity index (χ0) is 19.9. The van der Waals surface area contributed by atoms with Crippen molar-refractivity contribution >= 4 is 5.96 Å². The number of rotatable bonds is 7. The lowest BCUT2D eigenvalue weighted by atomic mass is 9.98. The molecule has 1 fully saturated rings. The van der Waals surface area contributed by atoms with Gasteiger partial charge in [0.25, 0.3) is 0 Å². The average Bonchev–Trinajstić information content (AvgIpc) is 3.08. The molecule has 2 aliphatic heterocycles. The highest BCUT2D eigenvalue weighted by atomic mass is 16.5. The summed E-state index contributed by atoms with van der Waals surface area (Å²) in [5.41, 5.74) is 0. The molecule has 0 spiro atoms. The lowest BCUT2D eigenvalue weighted by molar-refractivity contribution is 0.150. The smallest absolute Gasteiger partial charge is 0.191 e. The molecule has 0 saturated carbocycles. The number of nitrogens with zero attached hydrogens (tertiary/aromatic N) is 5. The Kier molecular flexibility index (Phi) is 7.67.